The number of hydrogen-bond donors (Lipinski definition) is 3. The lowest BCUT2D eigenvalue weighted by atomic mass is 10.1. The lowest BCUT2D eigenvalue weighted by molar-refractivity contribution is 0.555. The highest BCUT2D eigenvalue weighted by Gasteiger charge is 2.13. The lowest BCUT2D eigenvalue weighted by Crippen LogP contribution is -2.19. The summed E-state index contributed by atoms with van der Waals surface area (Å²) in [5, 5.41) is 4.58. The van der Waals surface area contributed by atoms with E-state index in [1.165, 1.54) is 6.20 Å². The first-order valence-electron chi connectivity index (χ1n) is 7.57. The highest BCUT2D eigenvalue weighted by atomic mass is 35.5. The summed E-state index contributed by atoms with van der Waals surface area (Å²) in [4.78, 5) is 33.2. The summed E-state index contributed by atoms with van der Waals surface area (Å²) < 4.78 is 5.02. The van der Waals surface area contributed by atoms with Crippen LogP contribution in [0, 0.1) is 0 Å². The van der Waals surface area contributed by atoms with Gasteiger partial charge in [0, 0.05) is 27.6 Å². The molecule has 126 valence electrons. The van der Waals surface area contributed by atoms with Gasteiger partial charge in [-0.25, -0.2) is 9.78 Å². The van der Waals surface area contributed by atoms with Gasteiger partial charge in [-0.3, -0.25) is 9.78 Å². The van der Waals surface area contributed by atoms with Gasteiger partial charge in [-0.1, -0.05) is 11.6 Å². The van der Waals surface area contributed by atoms with Gasteiger partial charge in [-0.2, -0.15) is 0 Å². The molecule has 0 saturated carbocycles. The minimum Gasteiger partial charge on any atom is -0.408 e. The number of halogens is 1. The molecule has 3 N–H and O–H groups in total. The number of hydrogen-bond acceptors (Lipinski definition) is 5. The second-order valence-corrected chi connectivity index (χ2v) is 6.17. The van der Waals surface area contributed by atoms with E-state index in [0.29, 0.717) is 27.5 Å². The number of rotatable bonds is 3. The monoisotopic (exact) mass is 356 g/mol. The zero-order valence-corrected chi connectivity index (χ0v) is 13.8. The van der Waals surface area contributed by atoms with Crippen LogP contribution >= 0.6 is 11.6 Å². The van der Waals surface area contributed by atoms with Crippen LogP contribution in [0.3, 0.4) is 0 Å². The summed E-state index contributed by atoms with van der Waals surface area (Å²) in [5.74, 6) is -0.0433. The summed E-state index contributed by atoms with van der Waals surface area (Å²) in [7, 11) is 0. The number of oxazole rings is 1. The Morgan fingerprint density at radius 3 is 2.84 bits per heavy atom. The molecule has 0 radical (unpaired) electrons. The highest BCUT2D eigenvalue weighted by Crippen LogP contribution is 2.22. The van der Waals surface area contributed by atoms with Crippen LogP contribution in [0.15, 0.2) is 50.5 Å². The molecule has 7 nitrogen and oxygen atoms in total. The van der Waals surface area contributed by atoms with Crippen molar-refractivity contribution >= 4 is 39.4 Å². The summed E-state index contributed by atoms with van der Waals surface area (Å²) in [6, 6.07) is 8.38. The quantitative estimate of drug-likeness (QED) is 0.523. The van der Waals surface area contributed by atoms with Crippen molar-refractivity contribution in [2.75, 3.05) is 5.32 Å². The number of aromatic nitrogens is 3. The standard InChI is InChI=1S/C17H13ClN4O3/c1-8(20-15-6-14-13(7-19-15)22-17(24)25-14)11-5-9-4-10(18)2-3-12(9)21-16(11)23/h2-8H,1H3,(H,19,20)(H,21,23)(H,22,24). The van der Waals surface area contributed by atoms with E-state index in [1.54, 1.807) is 30.3 Å². The Morgan fingerprint density at radius 2 is 2.00 bits per heavy atom. The van der Waals surface area contributed by atoms with Crippen molar-refractivity contribution in [2.24, 2.45) is 0 Å². The molecule has 0 aliphatic carbocycles. The predicted octanol–water partition coefficient (Wildman–Crippen LogP) is 3.18. The summed E-state index contributed by atoms with van der Waals surface area (Å²) in [6.07, 6.45) is 1.50. The number of pyridine rings is 2. The molecule has 1 aromatic carbocycles. The second-order valence-electron chi connectivity index (χ2n) is 5.73. The van der Waals surface area contributed by atoms with Crippen LogP contribution in [0.25, 0.3) is 22.0 Å². The first-order valence-corrected chi connectivity index (χ1v) is 7.95. The molecule has 4 aromatic rings. The molecule has 0 saturated heterocycles. The number of nitrogens with one attached hydrogen (secondary N) is 3. The fraction of sp³-hybridized carbons (Fsp3) is 0.118. The van der Waals surface area contributed by atoms with Gasteiger partial charge < -0.3 is 14.7 Å². The third-order valence-corrected chi connectivity index (χ3v) is 4.21. The Morgan fingerprint density at radius 1 is 1.16 bits per heavy atom. The van der Waals surface area contributed by atoms with Gasteiger partial charge in [0.2, 0.25) is 0 Å². The van der Waals surface area contributed by atoms with Gasteiger partial charge in [0.25, 0.3) is 5.56 Å². The lowest BCUT2D eigenvalue weighted by Gasteiger charge is -2.14. The van der Waals surface area contributed by atoms with E-state index in [9.17, 15) is 9.59 Å². The van der Waals surface area contributed by atoms with Gasteiger partial charge in [0.05, 0.1) is 12.2 Å². The maximum Gasteiger partial charge on any atom is 0.417 e. The maximum atomic E-state index is 12.4. The van der Waals surface area contributed by atoms with Crippen LogP contribution in [0.2, 0.25) is 5.02 Å². The average Bonchev–Trinajstić information content (AvgIpc) is 2.93. The fourth-order valence-electron chi connectivity index (χ4n) is 2.75. The Hall–Kier alpha value is -3.06. The van der Waals surface area contributed by atoms with Crippen molar-refractivity contribution in [2.45, 2.75) is 13.0 Å². The minimum atomic E-state index is -0.537. The fourth-order valence-corrected chi connectivity index (χ4v) is 2.93. The molecular formula is C17H13ClN4O3. The molecule has 1 atom stereocenters. The van der Waals surface area contributed by atoms with Gasteiger partial charge >= 0.3 is 5.76 Å². The van der Waals surface area contributed by atoms with Crippen LogP contribution in [0.4, 0.5) is 5.82 Å². The molecule has 0 amide bonds. The summed E-state index contributed by atoms with van der Waals surface area (Å²) in [5.41, 5.74) is 1.99. The van der Waals surface area contributed by atoms with Gasteiger partial charge in [-0.15, -0.1) is 0 Å². The molecular weight excluding hydrogens is 344 g/mol. The van der Waals surface area contributed by atoms with E-state index in [-0.39, 0.29) is 11.6 Å². The Kier molecular flexibility index (Phi) is 3.58. The largest absolute Gasteiger partial charge is 0.417 e. The van der Waals surface area contributed by atoms with Crippen molar-refractivity contribution < 1.29 is 4.42 Å². The van der Waals surface area contributed by atoms with Crippen LogP contribution < -0.4 is 16.6 Å². The molecule has 3 heterocycles. The summed E-state index contributed by atoms with van der Waals surface area (Å²) >= 11 is 6.02. The number of anilines is 1. The molecule has 4 rings (SSSR count). The van der Waals surface area contributed by atoms with Crippen molar-refractivity contribution in [3.05, 3.63) is 68.0 Å². The molecule has 1 unspecified atom stereocenters. The third-order valence-electron chi connectivity index (χ3n) is 3.97. The van der Waals surface area contributed by atoms with Gasteiger partial charge in [-0.05, 0) is 31.2 Å². The van der Waals surface area contributed by atoms with Crippen LogP contribution in [-0.4, -0.2) is 15.0 Å². The SMILES string of the molecule is CC(Nc1cc2oc(=O)[nH]c2cn1)c1cc2cc(Cl)ccc2[nH]c1=O. The van der Waals surface area contributed by atoms with Crippen LogP contribution in [-0.2, 0) is 0 Å². The van der Waals surface area contributed by atoms with Crippen molar-refractivity contribution in [3.8, 4) is 0 Å². The number of fused-ring (bicyclic) bond motifs is 2. The first-order chi connectivity index (χ1) is 12.0. The Labute approximate surface area is 145 Å². The van der Waals surface area contributed by atoms with Gasteiger partial charge in [0.1, 0.15) is 11.3 Å². The van der Waals surface area contributed by atoms with Gasteiger partial charge in [0.15, 0.2) is 5.58 Å². The normalized spacial score (nSPS) is 12.6. The van der Waals surface area contributed by atoms with E-state index >= 15 is 0 Å². The average molecular weight is 357 g/mol. The predicted molar refractivity (Wildman–Crippen MR) is 96.2 cm³/mol. The van der Waals surface area contributed by atoms with Crippen molar-refractivity contribution in [1.29, 1.82) is 0 Å². The number of benzene rings is 1. The topological polar surface area (TPSA) is 104 Å². The molecule has 0 bridgehead atoms. The third kappa shape index (κ3) is 2.89. The molecule has 3 aromatic heterocycles. The van der Waals surface area contributed by atoms with E-state index in [0.717, 1.165) is 10.9 Å². The van der Waals surface area contributed by atoms with Crippen LogP contribution in [0.1, 0.15) is 18.5 Å². The highest BCUT2D eigenvalue weighted by molar-refractivity contribution is 6.31. The number of H-pyrrole nitrogens is 2. The van der Waals surface area contributed by atoms with Crippen molar-refractivity contribution in [1.82, 2.24) is 15.0 Å². The zero-order chi connectivity index (χ0) is 17.6. The summed E-state index contributed by atoms with van der Waals surface area (Å²) in [6.45, 7) is 1.85. The molecule has 0 spiro atoms. The van der Waals surface area contributed by atoms with E-state index in [1.807, 2.05) is 6.92 Å². The maximum absolute atomic E-state index is 12.4. The Balaban J connectivity index is 1.70. The number of aromatic amines is 2. The zero-order valence-electron chi connectivity index (χ0n) is 13.1. The molecule has 0 aliphatic heterocycles. The first kappa shape index (κ1) is 15.5. The number of nitrogens with zero attached hydrogens (tertiary/aromatic N) is 1. The van der Waals surface area contributed by atoms with E-state index in [2.05, 4.69) is 20.3 Å². The van der Waals surface area contributed by atoms with E-state index in [4.69, 9.17) is 16.0 Å². The molecule has 25 heavy (non-hydrogen) atoms. The molecule has 0 fully saturated rings. The van der Waals surface area contributed by atoms with Crippen LogP contribution in [0.5, 0.6) is 0 Å². The Bertz CT molecular complexity index is 1210. The van der Waals surface area contributed by atoms with Crippen molar-refractivity contribution in [3.63, 3.8) is 0 Å². The molecule has 0 aliphatic rings. The van der Waals surface area contributed by atoms with E-state index < -0.39 is 5.76 Å². The molecule has 8 heteroatoms. The second kappa shape index (κ2) is 5.78. The smallest absolute Gasteiger partial charge is 0.408 e. The minimum absolute atomic E-state index is 0.191.